The number of rotatable bonds is 5. The largest absolute Gasteiger partial charge is 0.364 e. The molecule has 0 aromatic carbocycles. The first-order valence-electron chi connectivity index (χ1n) is 6.38. The van der Waals surface area contributed by atoms with Gasteiger partial charge in [0.25, 0.3) is 0 Å². The predicted molar refractivity (Wildman–Crippen MR) is 77.3 cm³/mol. The van der Waals surface area contributed by atoms with E-state index in [2.05, 4.69) is 45.1 Å². The first kappa shape index (κ1) is 13.3. The lowest BCUT2D eigenvalue weighted by Crippen LogP contribution is -2.17. The van der Waals surface area contributed by atoms with Crippen molar-refractivity contribution in [3.05, 3.63) is 42.0 Å². The van der Waals surface area contributed by atoms with Crippen LogP contribution in [0.1, 0.15) is 18.2 Å². The van der Waals surface area contributed by atoms with Gasteiger partial charge in [-0.3, -0.25) is 4.98 Å². The van der Waals surface area contributed by atoms with Crippen LogP contribution in [0.2, 0.25) is 0 Å². The molecule has 2 aromatic heterocycles. The summed E-state index contributed by atoms with van der Waals surface area (Å²) >= 11 is 0. The number of nitrogens with one attached hydrogen (secondary N) is 1. The van der Waals surface area contributed by atoms with Crippen LogP contribution in [0.25, 0.3) is 0 Å². The Hall–Kier alpha value is -2.17. The fraction of sp³-hybridized carbons (Fsp3) is 0.357. The Morgan fingerprint density at radius 3 is 2.84 bits per heavy atom. The van der Waals surface area contributed by atoms with Crippen LogP contribution in [0.3, 0.4) is 0 Å². The number of nitrogens with zero attached hydrogens (tertiary/aromatic N) is 4. The van der Waals surface area contributed by atoms with Crippen molar-refractivity contribution < 1.29 is 0 Å². The molecule has 0 aliphatic heterocycles. The summed E-state index contributed by atoms with van der Waals surface area (Å²) in [6.07, 6.45) is 3.38. The Morgan fingerprint density at radius 1 is 1.26 bits per heavy atom. The molecule has 0 saturated heterocycles. The third-order valence-corrected chi connectivity index (χ3v) is 3.07. The number of anilines is 2. The summed E-state index contributed by atoms with van der Waals surface area (Å²) in [6, 6.07) is 5.94. The molecule has 19 heavy (non-hydrogen) atoms. The Kier molecular flexibility index (Phi) is 4.28. The van der Waals surface area contributed by atoms with Gasteiger partial charge in [-0.25, -0.2) is 9.97 Å². The van der Waals surface area contributed by atoms with Crippen LogP contribution in [0.15, 0.2) is 30.7 Å². The molecule has 0 bridgehead atoms. The summed E-state index contributed by atoms with van der Waals surface area (Å²) in [7, 11) is 2.01. The van der Waals surface area contributed by atoms with Gasteiger partial charge >= 0.3 is 0 Å². The van der Waals surface area contributed by atoms with Gasteiger partial charge in [-0.15, -0.1) is 0 Å². The number of hydrogen-bond donors (Lipinski definition) is 1. The summed E-state index contributed by atoms with van der Waals surface area (Å²) in [4.78, 5) is 14.9. The maximum Gasteiger partial charge on any atom is 0.133 e. The molecule has 0 radical (unpaired) electrons. The molecule has 100 valence electrons. The van der Waals surface area contributed by atoms with E-state index in [1.54, 1.807) is 12.5 Å². The van der Waals surface area contributed by atoms with Crippen molar-refractivity contribution in [2.45, 2.75) is 20.4 Å². The quantitative estimate of drug-likeness (QED) is 0.890. The normalized spacial score (nSPS) is 10.3. The van der Waals surface area contributed by atoms with Gasteiger partial charge in [0.2, 0.25) is 0 Å². The summed E-state index contributed by atoms with van der Waals surface area (Å²) in [5.74, 6) is 1.73. The molecule has 2 heterocycles. The van der Waals surface area contributed by atoms with E-state index in [9.17, 15) is 0 Å². The fourth-order valence-electron chi connectivity index (χ4n) is 1.69. The van der Waals surface area contributed by atoms with Crippen molar-refractivity contribution in [3.63, 3.8) is 0 Å². The lowest BCUT2D eigenvalue weighted by atomic mass is 10.2. The topological polar surface area (TPSA) is 53.9 Å². The maximum absolute atomic E-state index is 4.35. The first-order chi connectivity index (χ1) is 9.20. The molecule has 2 rings (SSSR count). The van der Waals surface area contributed by atoms with Crippen LogP contribution in [0.4, 0.5) is 11.6 Å². The van der Waals surface area contributed by atoms with E-state index in [0.29, 0.717) is 6.54 Å². The van der Waals surface area contributed by atoms with Crippen LogP contribution < -0.4 is 10.2 Å². The molecule has 2 aromatic rings. The monoisotopic (exact) mass is 257 g/mol. The summed E-state index contributed by atoms with van der Waals surface area (Å²) < 4.78 is 0. The Bertz CT molecular complexity index is 541. The van der Waals surface area contributed by atoms with Gasteiger partial charge in [-0.2, -0.15) is 0 Å². The van der Waals surface area contributed by atoms with Gasteiger partial charge in [0, 0.05) is 25.9 Å². The summed E-state index contributed by atoms with van der Waals surface area (Å²) in [6.45, 7) is 5.72. The molecule has 0 amide bonds. The van der Waals surface area contributed by atoms with Crippen LogP contribution in [0, 0.1) is 6.92 Å². The predicted octanol–water partition coefficient (Wildman–Crippen LogP) is 2.25. The molecule has 0 aliphatic carbocycles. The highest BCUT2D eigenvalue weighted by atomic mass is 15.2. The van der Waals surface area contributed by atoms with Gasteiger partial charge in [0.05, 0.1) is 12.2 Å². The zero-order chi connectivity index (χ0) is 13.7. The highest BCUT2D eigenvalue weighted by molar-refractivity contribution is 5.48. The van der Waals surface area contributed by atoms with Crippen molar-refractivity contribution >= 4 is 11.6 Å². The number of pyridine rings is 1. The Morgan fingerprint density at radius 2 is 2.11 bits per heavy atom. The standard InChI is InChI=1S/C14H19N5/c1-4-19(3)14-8-13(17-10-18-14)16-9-12-11(2)6-5-7-15-12/h5-8,10H,4,9H2,1-3H3,(H,16,17,18). The Balaban J connectivity index is 2.06. The van der Waals surface area contributed by atoms with Crippen LogP contribution in [-0.2, 0) is 6.54 Å². The first-order valence-corrected chi connectivity index (χ1v) is 6.38. The van der Waals surface area contributed by atoms with Crippen LogP contribution in [0.5, 0.6) is 0 Å². The van der Waals surface area contributed by atoms with Crippen LogP contribution >= 0.6 is 0 Å². The third kappa shape index (κ3) is 3.40. The molecular weight excluding hydrogens is 238 g/mol. The zero-order valence-electron chi connectivity index (χ0n) is 11.6. The fourth-order valence-corrected chi connectivity index (χ4v) is 1.69. The van der Waals surface area contributed by atoms with Crippen LogP contribution in [-0.4, -0.2) is 28.5 Å². The maximum atomic E-state index is 4.35. The number of hydrogen-bond acceptors (Lipinski definition) is 5. The molecule has 0 saturated carbocycles. The van der Waals surface area contributed by atoms with Gasteiger partial charge in [0.15, 0.2) is 0 Å². The molecule has 5 nitrogen and oxygen atoms in total. The SMILES string of the molecule is CCN(C)c1cc(NCc2ncccc2C)ncn1. The second-order valence-electron chi connectivity index (χ2n) is 4.40. The summed E-state index contributed by atoms with van der Waals surface area (Å²) in [5.41, 5.74) is 2.21. The molecule has 0 spiro atoms. The average molecular weight is 257 g/mol. The summed E-state index contributed by atoms with van der Waals surface area (Å²) in [5, 5.41) is 3.28. The molecule has 5 heteroatoms. The zero-order valence-corrected chi connectivity index (χ0v) is 11.6. The molecule has 0 fully saturated rings. The average Bonchev–Trinajstić information content (AvgIpc) is 2.46. The highest BCUT2D eigenvalue weighted by Gasteiger charge is 2.03. The van der Waals surface area contributed by atoms with Gasteiger partial charge in [0.1, 0.15) is 18.0 Å². The molecule has 0 aliphatic rings. The third-order valence-electron chi connectivity index (χ3n) is 3.07. The van der Waals surface area contributed by atoms with E-state index in [4.69, 9.17) is 0 Å². The van der Waals surface area contributed by atoms with Gasteiger partial charge in [-0.05, 0) is 25.5 Å². The van der Waals surface area contributed by atoms with E-state index in [1.165, 1.54) is 5.56 Å². The van der Waals surface area contributed by atoms with Crippen molar-refractivity contribution in [2.75, 3.05) is 23.8 Å². The molecule has 0 atom stereocenters. The Labute approximate surface area is 113 Å². The van der Waals surface area contributed by atoms with E-state index in [0.717, 1.165) is 23.9 Å². The van der Waals surface area contributed by atoms with Crippen molar-refractivity contribution in [1.82, 2.24) is 15.0 Å². The number of aromatic nitrogens is 3. The van der Waals surface area contributed by atoms with Crippen molar-refractivity contribution in [2.24, 2.45) is 0 Å². The second kappa shape index (κ2) is 6.13. The highest BCUT2D eigenvalue weighted by Crippen LogP contribution is 2.13. The lowest BCUT2D eigenvalue weighted by molar-refractivity contribution is 0.924. The molecule has 0 unspecified atom stereocenters. The molecule has 1 N–H and O–H groups in total. The van der Waals surface area contributed by atoms with Crippen molar-refractivity contribution in [1.29, 1.82) is 0 Å². The minimum atomic E-state index is 0.666. The second-order valence-corrected chi connectivity index (χ2v) is 4.40. The van der Waals surface area contributed by atoms with Crippen molar-refractivity contribution in [3.8, 4) is 0 Å². The van der Waals surface area contributed by atoms with E-state index in [-0.39, 0.29) is 0 Å². The van der Waals surface area contributed by atoms with E-state index in [1.807, 2.05) is 19.2 Å². The smallest absolute Gasteiger partial charge is 0.133 e. The van der Waals surface area contributed by atoms with E-state index >= 15 is 0 Å². The minimum Gasteiger partial charge on any atom is -0.364 e. The number of aryl methyl sites for hydroxylation is 1. The minimum absolute atomic E-state index is 0.666. The van der Waals surface area contributed by atoms with Gasteiger partial charge < -0.3 is 10.2 Å². The molecular formula is C14H19N5. The lowest BCUT2D eigenvalue weighted by Gasteiger charge is -2.16. The van der Waals surface area contributed by atoms with E-state index < -0.39 is 0 Å². The van der Waals surface area contributed by atoms with Gasteiger partial charge in [-0.1, -0.05) is 6.07 Å².